The third-order valence-electron chi connectivity index (χ3n) is 4.51. The SMILES string of the molecule is CS(=O)(=O)N(Cc1ccc(-c2nnc(C(F)F)o2)cn1)c1ccc2c(c1)CNC2.Cl.Cl. The first-order valence-electron chi connectivity index (χ1n) is 8.68. The zero-order valence-corrected chi connectivity index (χ0v) is 18.6. The lowest BCUT2D eigenvalue weighted by molar-refractivity contribution is 0.116. The average molecular weight is 494 g/mol. The van der Waals surface area contributed by atoms with Crippen LogP contribution in [0.25, 0.3) is 11.5 Å². The van der Waals surface area contributed by atoms with Crippen molar-refractivity contribution in [2.75, 3.05) is 10.6 Å². The highest BCUT2D eigenvalue weighted by atomic mass is 35.5. The van der Waals surface area contributed by atoms with Gasteiger partial charge in [0, 0.05) is 19.3 Å². The van der Waals surface area contributed by atoms with Gasteiger partial charge in [-0.2, -0.15) is 8.78 Å². The molecule has 0 atom stereocenters. The number of halogens is 4. The number of alkyl halides is 2. The Morgan fingerprint density at radius 2 is 1.87 bits per heavy atom. The Bertz CT molecular complexity index is 1140. The second-order valence-corrected chi connectivity index (χ2v) is 8.52. The summed E-state index contributed by atoms with van der Waals surface area (Å²) in [5, 5.41) is 10.1. The Labute approximate surface area is 189 Å². The second kappa shape index (κ2) is 9.86. The van der Waals surface area contributed by atoms with Crippen molar-refractivity contribution in [1.82, 2.24) is 20.5 Å². The predicted octanol–water partition coefficient (Wildman–Crippen LogP) is 3.48. The molecule has 8 nitrogen and oxygen atoms in total. The standard InChI is InChI=1S/C18H17F2N5O3S.2ClH/c1-29(26,27)25(15-5-3-11-7-21-8-13(11)6-15)10-14-4-2-12(9-22-14)17-23-24-18(28-17)16(19)20;;/h2-6,9,16,21H,7-8,10H2,1H3;2*1H. The molecule has 4 rings (SSSR count). The molecule has 0 saturated heterocycles. The number of fused-ring (bicyclic) bond motifs is 1. The van der Waals surface area contributed by atoms with Gasteiger partial charge in [0.2, 0.25) is 15.9 Å². The quantitative estimate of drug-likeness (QED) is 0.560. The predicted molar refractivity (Wildman–Crippen MR) is 115 cm³/mol. The molecule has 3 heterocycles. The molecule has 1 N–H and O–H groups in total. The van der Waals surface area contributed by atoms with Crippen LogP contribution in [0.3, 0.4) is 0 Å². The van der Waals surface area contributed by atoms with Crippen LogP contribution in [-0.4, -0.2) is 29.9 Å². The maximum atomic E-state index is 12.6. The summed E-state index contributed by atoms with van der Waals surface area (Å²) >= 11 is 0. The summed E-state index contributed by atoms with van der Waals surface area (Å²) in [6.45, 7) is 1.48. The van der Waals surface area contributed by atoms with E-state index in [1.54, 1.807) is 18.2 Å². The number of benzene rings is 1. The number of sulfonamides is 1. The van der Waals surface area contributed by atoms with Crippen molar-refractivity contribution < 1.29 is 21.6 Å². The molecular formula is C18H19Cl2F2N5O3S. The molecule has 31 heavy (non-hydrogen) atoms. The van der Waals surface area contributed by atoms with Crippen LogP contribution in [0.2, 0.25) is 0 Å². The molecule has 0 amide bonds. The van der Waals surface area contributed by atoms with Crippen molar-refractivity contribution in [3.8, 4) is 11.5 Å². The van der Waals surface area contributed by atoms with Gasteiger partial charge in [-0.3, -0.25) is 9.29 Å². The van der Waals surface area contributed by atoms with Crippen LogP contribution < -0.4 is 9.62 Å². The fourth-order valence-electron chi connectivity index (χ4n) is 3.07. The van der Waals surface area contributed by atoms with Gasteiger partial charge >= 0.3 is 6.43 Å². The van der Waals surface area contributed by atoms with Crippen molar-refractivity contribution in [3.05, 3.63) is 59.2 Å². The van der Waals surface area contributed by atoms with Crippen molar-refractivity contribution in [2.24, 2.45) is 0 Å². The Hall–Kier alpha value is -2.34. The van der Waals surface area contributed by atoms with Gasteiger partial charge in [-0.1, -0.05) is 6.07 Å². The molecule has 0 fully saturated rings. The van der Waals surface area contributed by atoms with E-state index in [1.807, 2.05) is 12.1 Å². The average Bonchev–Trinajstić information content (AvgIpc) is 3.34. The van der Waals surface area contributed by atoms with Crippen molar-refractivity contribution in [1.29, 1.82) is 0 Å². The Kier molecular flexibility index (Phi) is 7.93. The van der Waals surface area contributed by atoms with E-state index < -0.39 is 22.3 Å². The lowest BCUT2D eigenvalue weighted by Crippen LogP contribution is -2.29. The Morgan fingerprint density at radius 1 is 1.13 bits per heavy atom. The molecule has 0 unspecified atom stereocenters. The molecule has 1 aromatic carbocycles. The highest BCUT2D eigenvalue weighted by Crippen LogP contribution is 2.27. The maximum absolute atomic E-state index is 12.6. The number of pyridine rings is 1. The monoisotopic (exact) mass is 493 g/mol. The van der Waals surface area contributed by atoms with Gasteiger partial charge in [0.15, 0.2) is 0 Å². The minimum atomic E-state index is -3.55. The van der Waals surface area contributed by atoms with E-state index in [0.29, 0.717) is 23.5 Å². The number of hydrogen-bond donors (Lipinski definition) is 1. The number of nitrogens with zero attached hydrogens (tertiary/aromatic N) is 4. The Balaban J connectivity index is 0.00000171. The molecular weight excluding hydrogens is 475 g/mol. The molecule has 13 heteroatoms. The Morgan fingerprint density at radius 3 is 2.48 bits per heavy atom. The van der Waals surface area contributed by atoms with Crippen molar-refractivity contribution in [2.45, 2.75) is 26.1 Å². The number of anilines is 1. The van der Waals surface area contributed by atoms with Crippen LogP contribution in [0.1, 0.15) is 29.1 Å². The molecule has 0 bridgehead atoms. The summed E-state index contributed by atoms with van der Waals surface area (Å²) in [4.78, 5) is 4.23. The zero-order chi connectivity index (χ0) is 20.6. The van der Waals surface area contributed by atoms with E-state index in [2.05, 4.69) is 20.5 Å². The molecule has 0 radical (unpaired) electrons. The lowest BCUT2D eigenvalue weighted by Gasteiger charge is -2.22. The number of hydrogen-bond acceptors (Lipinski definition) is 7. The van der Waals surface area contributed by atoms with Crippen LogP contribution >= 0.6 is 24.8 Å². The first kappa shape index (κ1) is 24.9. The summed E-state index contributed by atoms with van der Waals surface area (Å²) in [5.74, 6) is -0.844. The number of nitrogens with one attached hydrogen (secondary N) is 1. The third-order valence-corrected chi connectivity index (χ3v) is 5.65. The van der Waals surface area contributed by atoms with E-state index >= 15 is 0 Å². The van der Waals surface area contributed by atoms with E-state index in [0.717, 1.165) is 23.9 Å². The summed E-state index contributed by atoms with van der Waals surface area (Å²) in [7, 11) is -3.55. The van der Waals surface area contributed by atoms with Gasteiger partial charge in [-0.25, -0.2) is 8.42 Å². The topological polar surface area (TPSA) is 101 Å². The number of aromatic nitrogens is 3. The fourth-order valence-corrected chi connectivity index (χ4v) is 3.93. The van der Waals surface area contributed by atoms with E-state index in [9.17, 15) is 17.2 Å². The van der Waals surface area contributed by atoms with Gasteiger partial charge in [-0.05, 0) is 35.4 Å². The third kappa shape index (κ3) is 5.48. The normalized spacial score (nSPS) is 12.8. The minimum Gasteiger partial charge on any atom is -0.415 e. The lowest BCUT2D eigenvalue weighted by atomic mass is 10.1. The largest absolute Gasteiger partial charge is 0.415 e. The van der Waals surface area contributed by atoms with Crippen LogP contribution in [0.15, 0.2) is 40.9 Å². The van der Waals surface area contributed by atoms with Crippen LogP contribution in [0, 0.1) is 0 Å². The molecule has 2 aromatic heterocycles. The number of rotatable bonds is 6. The fraction of sp³-hybridized carbons (Fsp3) is 0.278. The van der Waals surface area contributed by atoms with Gasteiger partial charge in [0.25, 0.3) is 5.89 Å². The molecule has 1 aliphatic rings. The summed E-state index contributed by atoms with van der Waals surface area (Å²) in [6.07, 6.45) is -0.336. The van der Waals surface area contributed by atoms with Crippen molar-refractivity contribution in [3.63, 3.8) is 0 Å². The van der Waals surface area contributed by atoms with Crippen molar-refractivity contribution >= 4 is 40.5 Å². The van der Waals surface area contributed by atoms with Gasteiger partial charge in [0.1, 0.15) is 0 Å². The van der Waals surface area contributed by atoms with Crippen LogP contribution in [-0.2, 0) is 29.7 Å². The summed E-state index contributed by atoms with van der Waals surface area (Å²) < 4.78 is 56.1. The second-order valence-electron chi connectivity index (χ2n) is 6.61. The first-order valence-corrected chi connectivity index (χ1v) is 10.5. The molecule has 0 saturated carbocycles. The van der Waals surface area contributed by atoms with E-state index in [4.69, 9.17) is 4.42 Å². The minimum absolute atomic E-state index is 0. The van der Waals surface area contributed by atoms with Gasteiger partial charge in [0.05, 0.1) is 29.7 Å². The summed E-state index contributed by atoms with van der Waals surface area (Å²) in [5.41, 5.74) is 3.60. The molecule has 3 aromatic rings. The van der Waals surface area contributed by atoms with Crippen LogP contribution in [0.5, 0.6) is 0 Å². The van der Waals surface area contributed by atoms with E-state index in [1.165, 1.54) is 10.5 Å². The van der Waals surface area contributed by atoms with Gasteiger partial charge < -0.3 is 9.73 Å². The molecule has 168 valence electrons. The van der Waals surface area contributed by atoms with Gasteiger partial charge in [-0.15, -0.1) is 35.0 Å². The molecule has 0 spiro atoms. The zero-order valence-electron chi connectivity index (χ0n) is 16.2. The molecule has 1 aliphatic heterocycles. The summed E-state index contributed by atoms with van der Waals surface area (Å²) in [6, 6.07) is 8.70. The highest BCUT2D eigenvalue weighted by molar-refractivity contribution is 7.92. The van der Waals surface area contributed by atoms with E-state index in [-0.39, 0.29) is 37.2 Å². The smallest absolute Gasteiger partial charge is 0.314 e. The highest BCUT2D eigenvalue weighted by Gasteiger charge is 2.21. The maximum Gasteiger partial charge on any atom is 0.314 e. The molecule has 0 aliphatic carbocycles. The van der Waals surface area contributed by atoms with Crippen LogP contribution in [0.4, 0.5) is 14.5 Å². The first-order chi connectivity index (χ1) is 13.8.